The van der Waals surface area contributed by atoms with Gasteiger partial charge in [0.2, 0.25) is 0 Å². The van der Waals surface area contributed by atoms with Crippen molar-refractivity contribution in [3.63, 3.8) is 0 Å². The van der Waals surface area contributed by atoms with Gasteiger partial charge in [0.15, 0.2) is 0 Å². The van der Waals surface area contributed by atoms with Crippen LogP contribution in [0.5, 0.6) is 0 Å². The molecule has 0 bridgehead atoms. The molecule has 0 amide bonds. The topological polar surface area (TPSA) is 112 Å². The van der Waals surface area contributed by atoms with E-state index in [9.17, 15) is 18.9 Å². The Hall–Kier alpha value is 0.0249. The molecule has 0 aromatic rings. The number of rotatable bonds is 7. The molecule has 1 aliphatic carbocycles. The highest BCUT2D eigenvalue weighted by atomic mass is 31.2. The predicted molar refractivity (Wildman–Crippen MR) is 92.7 cm³/mol. The molecule has 6 atom stereocenters. The fraction of sp³-hybridized carbons (Fsp3) is 0.846. The Kier molecular flexibility index (Phi) is 7.49. The minimum Gasteiger partial charge on any atom is -0.378 e. The molecule has 24 heavy (non-hydrogen) atoms. The maximum Gasteiger partial charge on any atom is 0.473 e. The van der Waals surface area contributed by atoms with E-state index in [1.807, 2.05) is 7.85 Å². The van der Waals surface area contributed by atoms with Crippen molar-refractivity contribution < 1.29 is 37.2 Å². The molecule has 1 fully saturated rings. The van der Waals surface area contributed by atoms with E-state index in [0.717, 1.165) is 12.9 Å². The quantitative estimate of drug-likeness (QED) is 0.507. The third-order valence-corrected chi connectivity index (χ3v) is 6.01. The van der Waals surface area contributed by atoms with Crippen LogP contribution in [0.2, 0.25) is 5.82 Å². The predicted octanol–water partition coefficient (Wildman–Crippen LogP) is 2.09. The Labute approximate surface area is 144 Å². The zero-order chi connectivity index (χ0) is 18.8. The molecule has 0 aromatic carbocycles. The molecule has 0 heterocycles. The van der Waals surface area contributed by atoms with Gasteiger partial charge in [-0.3, -0.25) is 13.6 Å². The van der Waals surface area contributed by atoms with Crippen molar-refractivity contribution in [1.29, 1.82) is 0 Å². The van der Waals surface area contributed by atoms with Crippen molar-refractivity contribution in [1.82, 2.24) is 0 Å². The van der Waals surface area contributed by atoms with Gasteiger partial charge in [-0.2, -0.15) is 0 Å². The van der Waals surface area contributed by atoms with Crippen LogP contribution in [0, 0.1) is 5.92 Å². The lowest BCUT2D eigenvalue weighted by atomic mass is 9.84. The van der Waals surface area contributed by atoms with E-state index in [1.165, 1.54) is 13.2 Å². The number of ether oxygens (including phenoxy) is 1. The van der Waals surface area contributed by atoms with Crippen molar-refractivity contribution in [3.8, 4) is 0 Å². The van der Waals surface area contributed by atoms with Gasteiger partial charge >= 0.3 is 15.4 Å². The van der Waals surface area contributed by atoms with Crippen LogP contribution in [0.4, 0.5) is 0 Å². The lowest BCUT2D eigenvalue weighted by Crippen LogP contribution is -2.31. The van der Waals surface area contributed by atoms with Crippen LogP contribution in [-0.2, 0) is 27.4 Å². The summed E-state index contributed by atoms with van der Waals surface area (Å²) in [4.78, 5) is 19.4. The van der Waals surface area contributed by atoms with Crippen molar-refractivity contribution in [3.05, 3.63) is 11.9 Å². The third kappa shape index (κ3) is 6.73. The molecule has 1 rings (SSSR count). The van der Waals surface area contributed by atoms with Crippen molar-refractivity contribution in [2.24, 2.45) is 5.92 Å². The van der Waals surface area contributed by atoms with Gasteiger partial charge in [0.1, 0.15) is 7.85 Å². The first-order chi connectivity index (χ1) is 10.8. The van der Waals surface area contributed by atoms with Gasteiger partial charge in [-0.1, -0.05) is 6.08 Å². The summed E-state index contributed by atoms with van der Waals surface area (Å²) in [6, 6.07) is 0. The molecule has 1 aliphatic rings. The summed E-state index contributed by atoms with van der Waals surface area (Å²) < 4.78 is 44.1. The lowest BCUT2D eigenvalue weighted by molar-refractivity contribution is -0.0215. The molecule has 0 aliphatic heterocycles. The van der Waals surface area contributed by atoms with E-state index in [2.05, 4.69) is 4.52 Å². The Morgan fingerprint density at radius 1 is 1.17 bits per heavy atom. The largest absolute Gasteiger partial charge is 0.473 e. The molecule has 2 N–H and O–H groups in total. The maximum atomic E-state index is 12.2. The second-order valence-corrected chi connectivity index (χ2v) is 10.0. The standard InChI is InChI=1S/C13H27BO8P2/c1-13(2,3)22-24(17,18)21-12-10(14)8-9(11(12)19-4)6-7-23(15,16)20-5/h6-7,9-12H,8,14H2,1-5H3,(H,15,16)(H,17,18)/b7-6+/t9-,10?,11+,12-/m0/s1. The molecule has 0 radical (unpaired) electrons. The Bertz CT molecular complexity index is 547. The lowest BCUT2D eigenvalue weighted by Gasteiger charge is -2.29. The summed E-state index contributed by atoms with van der Waals surface area (Å²) >= 11 is 0. The smallest absolute Gasteiger partial charge is 0.378 e. The van der Waals surface area contributed by atoms with E-state index < -0.39 is 33.2 Å². The molecule has 8 nitrogen and oxygen atoms in total. The zero-order valence-corrected chi connectivity index (χ0v) is 16.7. The summed E-state index contributed by atoms with van der Waals surface area (Å²) in [5.41, 5.74) is -0.837. The number of hydrogen-bond donors (Lipinski definition) is 2. The van der Waals surface area contributed by atoms with Crippen molar-refractivity contribution in [2.45, 2.75) is 50.8 Å². The molecular weight excluding hydrogens is 357 g/mol. The van der Waals surface area contributed by atoms with Gasteiger partial charge in [-0.05, 0) is 33.0 Å². The van der Waals surface area contributed by atoms with E-state index in [0.29, 0.717) is 6.42 Å². The van der Waals surface area contributed by atoms with Crippen LogP contribution in [0.15, 0.2) is 11.9 Å². The van der Waals surface area contributed by atoms with Gasteiger partial charge < -0.3 is 19.0 Å². The Morgan fingerprint density at radius 3 is 2.21 bits per heavy atom. The highest BCUT2D eigenvalue weighted by Gasteiger charge is 2.45. The fourth-order valence-electron chi connectivity index (χ4n) is 2.73. The Morgan fingerprint density at radius 2 is 1.75 bits per heavy atom. The Balaban J connectivity index is 2.89. The van der Waals surface area contributed by atoms with E-state index in [-0.39, 0.29) is 11.7 Å². The van der Waals surface area contributed by atoms with E-state index in [4.69, 9.17) is 13.8 Å². The van der Waals surface area contributed by atoms with Crippen LogP contribution in [0.25, 0.3) is 0 Å². The van der Waals surface area contributed by atoms with Crippen LogP contribution >= 0.6 is 15.4 Å². The summed E-state index contributed by atoms with van der Waals surface area (Å²) in [6.07, 6.45) is 0.880. The highest BCUT2D eigenvalue weighted by molar-refractivity contribution is 7.56. The van der Waals surface area contributed by atoms with E-state index >= 15 is 0 Å². The first-order valence-electron chi connectivity index (χ1n) is 7.62. The second-order valence-electron chi connectivity index (χ2n) is 6.91. The summed E-state index contributed by atoms with van der Waals surface area (Å²) in [5, 5.41) is 0. The van der Waals surface area contributed by atoms with Crippen LogP contribution in [-0.4, -0.2) is 49.7 Å². The molecule has 0 aromatic heterocycles. The second kappa shape index (κ2) is 8.15. The molecule has 11 heteroatoms. The van der Waals surface area contributed by atoms with E-state index in [1.54, 1.807) is 20.8 Å². The van der Waals surface area contributed by atoms with Gasteiger partial charge in [-0.25, -0.2) is 4.57 Å². The normalized spacial score (nSPS) is 33.5. The van der Waals surface area contributed by atoms with Gasteiger partial charge in [-0.15, -0.1) is 0 Å². The summed E-state index contributed by atoms with van der Waals surface area (Å²) in [6.45, 7) is 4.96. The molecule has 0 saturated heterocycles. The van der Waals surface area contributed by atoms with Gasteiger partial charge in [0.05, 0.1) is 17.8 Å². The van der Waals surface area contributed by atoms with Crippen LogP contribution in [0.1, 0.15) is 27.2 Å². The SMILES string of the molecule is BC1C[C@H](/C=C/P(=O)(O)OC)[C@@H](OC)[C@H]1OP(=O)(O)OC(C)(C)C. The average Bonchev–Trinajstić information content (AvgIpc) is 2.69. The van der Waals surface area contributed by atoms with Crippen LogP contribution in [0.3, 0.4) is 0 Å². The average molecular weight is 384 g/mol. The number of phosphoric acid groups is 1. The monoisotopic (exact) mass is 384 g/mol. The highest BCUT2D eigenvalue weighted by Crippen LogP contribution is 2.53. The summed E-state index contributed by atoms with van der Waals surface area (Å²) in [5.74, 6) is 0.748. The molecule has 0 spiro atoms. The molecular formula is C13H27BO8P2. The first-order valence-corrected chi connectivity index (χ1v) is 10.8. The molecule has 140 valence electrons. The van der Waals surface area contributed by atoms with Crippen LogP contribution < -0.4 is 0 Å². The number of methoxy groups -OCH3 is 1. The maximum absolute atomic E-state index is 12.2. The third-order valence-electron chi connectivity index (χ3n) is 3.65. The minimum absolute atomic E-state index is 0.103. The van der Waals surface area contributed by atoms with Gasteiger partial charge in [0.25, 0.3) is 0 Å². The van der Waals surface area contributed by atoms with Gasteiger partial charge in [0, 0.05) is 26.0 Å². The number of phosphoric ester groups is 1. The summed E-state index contributed by atoms with van der Waals surface area (Å²) in [7, 11) is -3.58. The fourth-order valence-corrected chi connectivity index (χ4v) is 4.66. The molecule has 3 unspecified atom stereocenters. The first kappa shape index (κ1) is 22.1. The minimum atomic E-state index is -4.27. The van der Waals surface area contributed by atoms with Crippen molar-refractivity contribution in [2.75, 3.05) is 14.2 Å². The van der Waals surface area contributed by atoms with Crippen molar-refractivity contribution >= 4 is 23.3 Å². The number of hydrogen-bond acceptors (Lipinski definition) is 6. The zero-order valence-electron chi connectivity index (χ0n) is 14.9. The molecule has 1 saturated carbocycles.